The van der Waals surface area contributed by atoms with Gasteiger partial charge < -0.3 is 9.52 Å². The van der Waals surface area contributed by atoms with Crippen molar-refractivity contribution in [2.24, 2.45) is 0 Å². The van der Waals surface area contributed by atoms with Gasteiger partial charge in [-0.05, 0) is 24.1 Å². The molecule has 4 heteroatoms. The fourth-order valence-electron chi connectivity index (χ4n) is 1.56. The lowest BCUT2D eigenvalue weighted by atomic mass is 10.1. The zero-order chi connectivity index (χ0) is 11.5. The molecule has 0 aliphatic rings. The van der Waals surface area contributed by atoms with Gasteiger partial charge in [0.05, 0.1) is 6.42 Å². The first-order valence-corrected chi connectivity index (χ1v) is 5.29. The zero-order valence-electron chi connectivity index (χ0n) is 9.06. The molecule has 1 aromatic heterocycles. The first-order valence-electron chi connectivity index (χ1n) is 5.29. The highest BCUT2D eigenvalue weighted by Crippen LogP contribution is 2.18. The number of carboxylic acids is 1. The Kier molecular flexibility index (Phi) is 2.90. The Bertz CT molecular complexity index is 516. The molecule has 0 saturated carbocycles. The molecule has 0 amide bonds. The van der Waals surface area contributed by atoms with Crippen LogP contribution in [0.25, 0.3) is 11.1 Å². The van der Waals surface area contributed by atoms with Gasteiger partial charge in [0.25, 0.3) is 0 Å². The maximum Gasteiger partial charge on any atom is 0.303 e. The summed E-state index contributed by atoms with van der Waals surface area (Å²) in [5.74, 6) is -0.345. The van der Waals surface area contributed by atoms with Crippen molar-refractivity contribution in [3.63, 3.8) is 0 Å². The van der Waals surface area contributed by atoms with Crippen LogP contribution in [-0.4, -0.2) is 16.1 Å². The van der Waals surface area contributed by atoms with Crippen molar-refractivity contribution in [1.29, 1.82) is 0 Å². The van der Waals surface area contributed by atoms with Gasteiger partial charge in [-0.25, -0.2) is 4.98 Å². The molecule has 1 N–H and O–H groups in total. The molecule has 4 nitrogen and oxygen atoms in total. The molecule has 0 bridgehead atoms. The molecule has 2 rings (SSSR count). The molecule has 84 valence electrons. The number of carboxylic acid groups (broad SMARTS) is 1. The first-order chi connectivity index (χ1) is 7.69. The minimum absolute atomic E-state index is 0.0491. The van der Waals surface area contributed by atoms with Crippen molar-refractivity contribution in [3.8, 4) is 0 Å². The molecule has 16 heavy (non-hydrogen) atoms. The Morgan fingerprint density at radius 2 is 2.31 bits per heavy atom. The van der Waals surface area contributed by atoms with Gasteiger partial charge in [-0.1, -0.05) is 13.0 Å². The Morgan fingerprint density at radius 1 is 1.50 bits per heavy atom. The Balaban J connectivity index is 2.25. The summed E-state index contributed by atoms with van der Waals surface area (Å²) in [5.41, 5.74) is 2.71. The summed E-state index contributed by atoms with van der Waals surface area (Å²) >= 11 is 0. The second-order valence-corrected chi connectivity index (χ2v) is 3.66. The van der Waals surface area contributed by atoms with Gasteiger partial charge in [-0.3, -0.25) is 4.79 Å². The highest BCUT2D eigenvalue weighted by atomic mass is 16.4. The number of aromatic nitrogens is 1. The van der Waals surface area contributed by atoms with Crippen LogP contribution in [0.1, 0.15) is 24.8 Å². The van der Waals surface area contributed by atoms with Crippen LogP contribution in [0.5, 0.6) is 0 Å². The summed E-state index contributed by atoms with van der Waals surface area (Å²) in [7, 11) is 0. The molecule has 0 fully saturated rings. The monoisotopic (exact) mass is 219 g/mol. The summed E-state index contributed by atoms with van der Waals surface area (Å²) in [5, 5.41) is 8.56. The number of nitrogens with zero attached hydrogens (tertiary/aromatic N) is 1. The summed E-state index contributed by atoms with van der Waals surface area (Å²) < 4.78 is 5.49. The van der Waals surface area contributed by atoms with Crippen molar-refractivity contribution < 1.29 is 14.3 Å². The van der Waals surface area contributed by atoms with Crippen molar-refractivity contribution >= 4 is 17.1 Å². The van der Waals surface area contributed by atoms with E-state index in [0.717, 1.165) is 17.5 Å². The van der Waals surface area contributed by atoms with E-state index in [0.29, 0.717) is 12.3 Å². The fraction of sp³-hybridized carbons (Fsp3) is 0.333. The highest BCUT2D eigenvalue weighted by molar-refractivity contribution is 5.73. The number of rotatable bonds is 4. The van der Waals surface area contributed by atoms with Crippen LogP contribution in [0.2, 0.25) is 0 Å². The second-order valence-electron chi connectivity index (χ2n) is 3.66. The second kappa shape index (κ2) is 4.35. The lowest BCUT2D eigenvalue weighted by Gasteiger charge is -1.92. The largest absolute Gasteiger partial charge is 0.481 e. The lowest BCUT2D eigenvalue weighted by molar-refractivity contribution is -0.137. The van der Waals surface area contributed by atoms with E-state index in [1.807, 2.05) is 18.2 Å². The van der Waals surface area contributed by atoms with Crippen molar-refractivity contribution in [2.75, 3.05) is 0 Å². The number of aliphatic carboxylic acids is 1. The molecule has 0 aliphatic carbocycles. The lowest BCUT2D eigenvalue weighted by Crippen LogP contribution is -1.97. The number of aryl methyl sites for hydroxylation is 2. The van der Waals surface area contributed by atoms with Crippen molar-refractivity contribution in [3.05, 3.63) is 29.7 Å². The molecule has 0 aliphatic heterocycles. The molecule has 0 radical (unpaired) electrons. The van der Waals surface area contributed by atoms with Crippen LogP contribution in [0.4, 0.5) is 0 Å². The fourth-order valence-corrected chi connectivity index (χ4v) is 1.56. The first kappa shape index (κ1) is 10.7. The topological polar surface area (TPSA) is 63.3 Å². The van der Waals surface area contributed by atoms with Gasteiger partial charge in [-0.15, -0.1) is 0 Å². The number of carbonyl (C=O) groups is 1. The van der Waals surface area contributed by atoms with Crippen molar-refractivity contribution in [1.82, 2.24) is 4.98 Å². The predicted octanol–water partition coefficient (Wildman–Crippen LogP) is 2.41. The van der Waals surface area contributed by atoms with E-state index in [-0.39, 0.29) is 6.42 Å². The van der Waals surface area contributed by atoms with E-state index in [1.54, 1.807) is 0 Å². The zero-order valence-corrected chi connectivity index (χ0v) is 9.06. The molecule has 0 saturated heterocycles. The van der Waals surface area contributed by atoms with Gasteiger partial charge in [0.1, 0.15) is 5.52 Å². The van der Waals surface area contributed by atoms with E-state index in [1.165, 1.54) is 5.56 Å². The number of fused-ring (bicyclic) bond motifs is 1. The van der Waals surface area contributed by atoms with Crippen LogP contribution in [0.15, 0.2) is 22.6 Å². The van der Waals surface area contributed by atoms with E-state index in [9.17, 15) is 4.79 Å². The summed E-state index contributed by atoms with van der Waals surface area (Å²) in [4.78, 5) is 14.6. The average molecular weight is 219 g/mol. The minimum Gasteiger partial charge on any atom is -0.481 e. The Hall–Kier alpha value is -1.84. The van der Waals surface area contributed by atoms with E-state index >= 15 is 0 Å². The van der Waals surface area contributed by atoms with Gasteiger partial charge in [-0.2, -0.15) is 0 Å². The molecule has 0 spiro atoms. The number of oxazole rings is 1. The number of benzene rings is 1. The third-order valence-electron chi connectivity index (χ3n) is 2.46. The molecule has 0 atom stereocenters. The predicted molar refractivity (Wildman–Crippen MR) is 59.3 cm³/mol. The number of hydrogen-bond acceptors (Lipinski definition) is 3. The van der Waals surface area contributed by atoms with E-state index < -0.39 is 5.97 Å². The normalized spacial score (nSPS) is 10.8. The quantitative estimate of drug-likeness (QED) is 0.857. The molecule has 0 unspecified atom stereocenters. The minimum atomic E-state index is -0.837. The van der Waals surface area contributed by atoms with Crippen LogP contribution >= 0.6 is 0 Å². The number of hydrogen-bond donors (Lipinski definition) is 1. The van der Waals surface area contributed by atoms with Gasteiger partial charge in [0.2, 0.25) is 0 Å². The van der Waals surface area contributed by atoms with Crippen LogP contribution in [0, 0.1) is 0 Å². The summed E-state index contributed by atoms with van der Waals surface area (Å²) in [6.45, 7) is 2.07. The molecule has 1 aromatic carbocycles. The highest BCUT2D eigenvalue weighted by Gasteiger charge is 2.07. The third-order valence-corrected chi connectivity index (χ3v) is 2.46. The standard InChI is InChI=1S/C12H13NO3/c1-2-8-3-4-9-10(7-8)16-11(13-9)5-6-12(14)15/h3-4,7H,2,5-6H2,1H3,(H,14,15). The Labute approximate surface area is 92.9 Å². The Morgan fingerprint density at radius 3 is 3.00 bits per heavy atom. The van der Waals surface area contributed by atoms with Crippen LogP contribution < -0.4 is 0 Å². The van der Waals surface area contributed by atoms with Crippen molar-refractivity contribution in [2.45, 2.75) is 26.2 Å². The maximum absolute atomic E-state index is 10.4. The van der Waals surface area contributed by atoms with Crippen LogP contribution in [-0.2, 0) is 17.6 Å². The van der Waals surface area contributed by atoms with Crippen LogP contribution in [0.3, 0.4) is 0 Å². The van der Waals surface area contributed by atoms with Gasteiger partial charge >= 0.3 is 5.97 Å². The maximum atomic E-state index is 10.4. The molecular weight excluding hydrogens is 206 g/mol. The third kappa shape index (κ3) is 2.21. The molecule has 2 aromatic rings. The van der Waals surface area contributed by atoms with Gasteiger partial charge in [0.15, 0.2) is 11.5 Å². The summed E-state index contributed by atoms with van der Waals surface area (Å²) in [6.07, 6.45) is 1.33. The van der Waals surface area contributed by atoms with E-state index in [2.05, 4.69) is 11.9 Å². The molecular formula is C12H13NO3. The summed E-state index contributed by atoms with van der Waals surface area (Å²) in [6, 6.07) is 5.86. The van der Waals surface area contributed by atoms with E-state index in [4.69, 9.17) is 9.52 Å². The smallest absolute Gasteiger partial charge is 0.303 e. The SMILES string of the molecule is CCc1ccc2nc(CCC(=O)O)oc2c1. The average Bonchev–Trinajstić information content (AvgIpc) is 2.67. The van der Waals surface area contributed by atoms with Gasteiger partial charge in [0, 0.05) is 6.42 Å². The molecule has 1 heterocycles.